The fourth-order valence-corrected chi connectivity index (χ4v) is 2.54. The molecular formula is C11H22NO3S. The van der Waals surface area contributed by atoms with Crippen LogP contribution in [-0.2, 0) is 14.3 Å². The van der Waals surface area contributed by atoms with Gasteiger partial charge in [-0.1, -0.05) is 13.8 Å². The van der Waals surface area contributed by atoms with Crippen LogP contribution in [-0.4, -0.2) is 45.8 Å². The highest BCUT2D eigenvalue weighted by Crippen LogP contribution is 2.18. The van der Waals surface area contributed by atoms with Gasteiger partial charge in [-0.25, -0.2) is 0 Å². The molecule has 1 radical (unpaired) electrons. The van der Waals surface area contributed by atoms with Crippen LogP contribution in [0.1, 0.15) is 26.7 Å². The highest BCUT2D eigenvalue weighted by molar-refractivity contribution is 7.85. The zero-order chi connectivity index (χ0) is 12.2. The van der Waals surface area contributed by atoms with Crippen molar-refractivity contribution in [1.29, 1.82) is 0 Å². The Morgan fingerprint density at radius 2 is 2.12 bits per heavy atom. The molecule has 1 heterocycles. The zero-order valence-corrected chi connectivity index (χ0v) is 11.2. The SMILES string of the molecule is C[C](C)CN1CCC[C@@H](COS(C)(=O)=O)C1. The van der Waals surface area contributed by atoms with Gasteiger partial charge >= 0.3 is 0 Å². The Hall–Kier alpha value is -0.130. The Bertz CT molecular complexity index is 300. The lowest BCUT2D eigenvalue weighted by Crippen LogP contribution is -2.39. The third-order valence-corrected chi connectivity index (χ3v) is 3.23. The fourth-order valence-electron chi connectivity index (χ4n) is 2.10. The lowest BCUT2D eigenvalue weighted by molar-refractivity contribution is 0.137. The van der Waals surface area contributed by atoms with E-state index < -0.39 is 10.1 Å². The highest BCUT2D eigenvalue weighted by Gasteiger charge is 2.21. The van der Waals surface area contributed by atoms with Gasteiger partial charge in [-0.3, -0.25) is 4.18 Å². The van der Waals surface area contributed by atoms with Gasteiger partial charge in [0, 0.05) is 13.1 Å². The second kappa shape index (κ2) is 5.98. The standard InChI is InChI=1S/C11H22NO3S/c1-10(2)7-12-6-4-5-11(8-12)9-15-16(3,13)14/h11H,4-9H2,1-3H3/t11-/m1/s1. The second-order valence-electron chi connectivity index (χ2n) is 4.94. The largest absolute Gasteiger partial charge is 0.302 e. The summed E-state index contributed by atoms with van der Waals surface area (Å²) in [7, 11) is -3.29. The van der Waals surface area contributed by atoms with Crippen LogP contribution >= 0.6 is 0 Å². The van der Waals surface area contributed by atoms with Crippen molar-refractivity contribution in [3.63, 3.8) is 0 Å². The van der Waals surface area contributed by atoms with Crippen LogP contribution in [0.25, 0.3) is 0 Å². The minimum absolute atomic E-state index is 0.331. The molecule has 1 atom stereocenters. The summed E-state index contributed by atoms with van der Waals surface area (Å²) in [5.41, 5.74) is 0. The van der Waals surface area contributed by atoms with Crippen molar-refractivity contribution in [2.75, 3.05) is 32.5 Å². The van der Waals surface area contributed by atoms with Crippen LogP contribution in [0.2, 0.25) is 0 Å². The van der Waals surface area contributed by atoms with Crippen LogP contribution in [0.5, 0.6) is 0 Å². The molecule has 0 spiro atoms. The quantitative estimate of drug-likeness (QED) is 0.688. The normalized spacial score (nSPS) is 23.9. The summed E-state index contributed by atoms with van der Waals surface area (Å²) in [6.07, 6.45) is 3.30. The molecule has 4 nitrogen and oxygen atoms in total. The van der Waals surface area contributed by atoms with Gasteiger partial charge < -0.3 is 4.90 Å². The molecule has 1 rings (SSSR count). The lowest BCUT2D eigenvalue weighted by atomic mass is 9.98. The molecule has 5 heteroatoms. The van der Waals surface area contributed by atoms with E-state index in [-0.39, 0.29) is 0 Å². The van der Waals surface area contributed by atoms with Crippen molar-refractivity contribution in [3.05, 3.63) is 5.92 Å². The van der Waals surface area contributed by atoms with E-state index in [2.05, 4.69) is 18.7 Å². The van der Waals surface area contributed by atoms with Gasteiger partial charge in [0.05, 0.1) is 12.9 Å². The molecule has 0 bridgehead atoms. The highest BCUT2D eigenvalue weighted by atomic mass is 32.2. The number of piperidine rings is 1. The summed E-state index contributed by atoms with van der Waals surface area (Å²) < 4.78 is 26.6. The van der Waals surface area contributed by atoms with Crippen molar-refractivity contribution in [2.24, 2.45) is 5.92 Å². The average molecular weight is 248 g/mol. The molecule has 0 unspecified atom stereocenters. The van der Waals surface area contributed by atoms with E-state index in [9.17, 15) is 8.42 Å². The first-order valence-electron chi connectivity index (χ1n) is 5.72. The third-order valence-electron chi connectivity index (χ3n) is 2.66. The number of nitrogens with zero attached hydrogens (tertiary/aromatic N) is 1. The van der Waals surface area contributed by atoms with Gasteiger partial charge in [0.25, 0.3) is 10.1 Å². The van der Waals surface area contributed by atoms with Crippen molar-refractivity contribution in [3.8, 4) is 0 Å². The summed E-state index contributed by atoms with van der Waals surface area (Å²) in [5.74, 6) is 1.74. The summed E-state index contributed by atoms with van der Waals surface area (Å²) >= 11 is 0. The molecule has 95 valence electrons. The third kappa shape index (κ3) is 5.82. The molecule has 1 aliphatic heterocycles. The van der Waals surface area contributed by atoms with Crippen molar-refractivity contribution < 1.29 is 12.6 Å². The van der Waals surface area contributed by atoms with Crippen LogP contribution < -0.4 is 0 Å². The first-order chi connectivity index (χ1) is 7.37. The van der Waals surface area contributed by atoms with Gasteiger partial charge in [-0.05, 0) is 31.2 Å². The molecule has 0 amide bonds. The van der Waals surface area contributed by atoms with Crippen LogP contribution in [0.15, 0.2) is 0 Å². The minimum Gasteiger partial charge on any atom is -0.302 e. The smallest absolute Gasteiger partial charge is 0.264 e. The molecule has 16 heavy (non-hydrogen) atoms. The number of hydrogen-bond donors (Lipinski definition) is 0. The molecule has 1 aliphatic rings. The van der Waals surface area contributed by atoms with Gasteiger partial charge in [0.2, 0.25) is 0 Å². The van der Waals surface area contributed by atoms with E-state index in [0.29, 0.717) is 12.5 Å². The monoisotopic (exact) mass is 248 g/mol. The molecule has 0 aromatic heterocycles. The van der Waals surface area contributed by atoms with Crippen LogP contribution in [0.4, 0.5) is 0 Å². The maximum absolute atomic E-state index is 10.9. The molecule has 0 aromatic rings. The van der Waals surface area contributed by atoms with Gasteiger partial charge in [-0.2, -0.15) is 8.42 Å². The Kier molecular flexibility index (Phi) is 5.21. The molecule has 0 aliphatic carbocycles. The van der Waals surface area contributed by atoms with Crippen LogP contribution in [0.3, 0.4) is 0 Å². The van der Waals surface area contributed by atoms with Crippen molar-refractivity contribution in [2.45, 2.75) is 26.7 Å². The Morgan fingerprint density at radius 1 is 1.44 bits per heavy atom. The molecule has 0 aromatic carbocycles. The fraction of sp³-hybridized carbons (Fsp3) is 0.909. The predicted molar refractivity (Wildman–Crippen MR) is 64.6 cm³/mol. The van der Waals surface area contributed by atoms with E-state index in [1.165, 1.54) is 5.92 Å². The van der Waals surface area contributed by atoms with E-state index in [1.54, 1.807) is 0 Å². The first kappa shape index (κ1) is 13.9. The zero-order valence-electron chi connectivity index (χ0n) is 10.4. The summed E-state index contributed by atoms with van der Waals surface area (Å²) in [5, 5.41) is 0. The van der Waals surface area contributed by atoms with E-state index in [0.717, 1.165) is 38.7 Å². The average Bonchev–Trinajstić information content (AvgIpc) is 2.13. The summed E-state index contributed by atoms with van der Waals surface area (Å²) in [4.78, 5) is 2.37. The molecule has 0 saturated carbocycles. The van der Waals surface area contributed by atoms with Gasteiger partial charge in [-0.15, -0.1) is 0 Å². The molecule has 0 N–H and O–H groups in total. The number of rotatable bonds is 5. The Morgan fingerprint density at radius 3 is 2.69 bits per heavy atom. The second-order valence-corrected chi connectivity index (χ2v) is 6.58. The van der Waals surface area contributed by atoms with E-state index in [4.69, 9.17) is 4.18 Å². The van der Waals surface area contributed by atoms with E-state index in [1.807, 2.05) is 0 Å². The first-order valence-corrected chi connectivity index (χ1v) is 7.54. The predicted octanol–water partition coefficient (Wildman–Crippen LogP) is 1.29. The Labute approximate surface area is 99.1 Å². The van der Waals surface area contributed by atoms with Crippen molar-refractivity contribution >= 4 is 10.1 Å². The van der Waals surface area contributed by atoms with E-state index >= 15 is 0 Å². The topological polar surface area (TPSA) is 46.6 Å². The minimum atomic E-state index is -3.29. The maximum atomic E-state index is 10.9. The molecular weight excluding hydrogens is 226 g/mol. The van der Waals surface area contributed by atoms with Gasteiger partial charge in [0.1, 0.15) is 0 Å². The maximum Gasteiger partial charge on any atom is 0.264 e. The van der Waals surface area contributed by atoms with Crippen molar-refractivity contribution in [1.82, 2.24) is 4.90 Å². The molecule has 1 saturated heterocycles. The number of likely N-dealkylation sites (tertiary alicyclic amines) is 1. The molecule has 1 fully saturated rings. The summed E-state index contributed by atoms with van der Waals surface area (Å²) in [6.45, 7) is 7.64. The summed E-state index contributed by atoms with van der Waals surface area (Å²) in [6, 6.07) is 0. The number of hydrogen-bond acceptors (Lipinski definition) is 4. The lowest BCUT2D eigenvalue weighted by Gasteiger charge is -2.33. The van der Waals surface area contributed by atoms with Gasteiger partial charge in [0.15, 0.2) is 0 Å². The Balaban J connectivity index is 2.33. The van der Waals surface area contributed by atoms with Crippen LogP contribution in [0, 0.1) is 11.8 Å².